The molecule has 110 valence electrons. The summed E-state index contributed by atoms with van der Waals surface area (Å²) < 4.78 is 11.0. The Morgan fingerprint density at radius 1 is 1.45 bits per heavy atom. The van der Waals surface area contributed by atoms with E-state index in [2.05, 4.69) is 0 Å². The van der Waals surface area contributed by atoms with Gasteiger partial charge in [-0.15, -0.1) is 0 Å². The zero-order chi connectivity index (χ0) is 14.5. The van der Waals surface area contributed by atoms with E-state index >= 15 is 0 Å². The zero-order valence-corrected chi connectivity index (χ0v) is 12.4. The second-order valence-corrected chi connectivity index (χ2v) is 5.90. The molecule has 0 bridgehead atoms. The van der Waals surface area contributed by atoms with Gasteiger partial charge in [0.15, 0.2) is 11.5 Å². The van der Waals surface area contributed by atoms with Gasteiger partial charge in [-0.1, -0.05) is 11.6 Å². The molecule has 3 N–H and O–H groups in total. The fraction of sp³-hybridized carbons (Fsp3) is 0.462. The Labute approximate surface area is 126 Å². The number of carbonyl (C=O) groups is 1. The molecule has 7 heteroatoms. The van der Waals surface area contributed by atoms with Gasteiger partial charge >= 0.3 is 5.97 Å². The fourth-order valence-corrected chi connectivity index (χ4v) is 3.03. The Morgan fingerprint density at radius 2 is 2.20 bits per heavy atom. The number of aliphatic carboxylic acids is 1. The van der Waals surface area contributed by atoms with Gasteiger partial charge in [0.2, 0.25) is 0 Å². The van der Waals surface area contributed by atoms with Gasteiger partial charge in [-0.2, -0.15) is 11.8 Å². The summed E-state index contributed by atoms with van der Waals surface area (Å²) in [5.41, 5.74) is 6.46. The molecule has 5 nitrogen and oxygen atoms in total. The van der Waals surface area contributed by atoms with E-state index in [1.54, 1.807) is 11.8 Å². The lowest BCUT2D eigenvalue weighted by atomic mass is 10.2. The van der Waals surface area contributed by atoms with Crippen LogP contribution in [0, 0.1) is 0 Å². The molecule has 0 radical (unpaired) electrons. The van der Waals surface area contributed by atoms with Gasteiger partial charge in [0, 0.05) is 5.75 Å². The van der Waals surface area contributed by atoms with Crippen LogP contribution in [0.2, 0.25) is 5.02 Å². The quantitative estimate of drug-likeness (QED) is 0.782. The number of carboxylic acids is 1. The number of halogens is 1. The molecule has 1 heterocycles. The lowest BCUT2D eigenvalue weighted by Gasteiger charge is -2.20. The van der Waals surface area contributed by atoms with E-state index in [0.717, 1.165) is 11.3 Å². The summed E-state index contributed by atoms with van der Waals surface area (Å²) in [5.74, 6) is 1.71. The summed E-state index contributed by atoms with van der Waals surface area (Å²) in [6.07, 6.45) is 0.443. The molecule has 0 amide bonds. The van der Waals surface area contributed by atoms with Crippen LogP contribution in [0.5, 0.6) is 11.5 Å². The molecule has 1 atom stereocenters. The molecular weight excluding hydrogens is 302 g/mol. The summed E-state index contributed by atoms with van der Waals surface area (Å²) in [7, 11) is 0. The molecule has 20 heavy (non-hydrogen) atoms. The molecule has 0 aromatic heterocycles. The van der Waals surface area contributed by atoms with Crippen molar-refractivity contribution in [2.45, 2.75) is 18.2 Å². The van der Waals surface area contributed by atoms with E-state index in [1.165, 1.54) is 0 Å². The van der Waals surface area contributed by atoms with Crippen LogP contribution in [0.4, 0.5) is 0 Å². The third kappa shape index (κ3) is 3.94. The minimum Gasteiger partial charge on any atom is -0.486 e. The highest BCUT2D eigenvalue weighted by Crippen LogP contribution is 2.39. The highest BCUT2D eigenvalue weighted by atomic mass is 35.5. The lowest BCUT2D eigenvalue weighted by Crippen LogP contribution is -2.30. The standard InChI is InChI=1S/C13H16ClNO4S/c14-9-5-8(6-11-12(9)19-3-2-18-11)7-20-4-1-10(15)13(16)17/h5-6,10H,1-4,7,15H2,(H,16,17). The van der Waals surface area contributed by atoms with Crippen molar-refractivity contribution in [2.75, 3.05) is 19.0 Å². The SMILES string of the molecule is NC(CCSCc1cc(Cl)c2c(c1)OCCO2)C(=O)O. The van der Waals surface area contributed by atoms with Crippen molar-refractivity contribution in [1.29, 1.82) is 0 Å². The van der Waals surface area contributed by atoms with Crippen LogP contribution in [0.25, 0.3) is 0 Å². The van der Waals surface area contributed by atoms with E-state index in [1.807, 2.05) is 12.1 Å². The minimum atomic E-state index is -0.965. The van der Waals surface area contributed by atoms with Gasteiger partial charge in [-0.25, -0.2) is 0 Å². The van der Waals surface area contributed by atoms with Crippen molar-refractivity contribution in [1.82, 2.24) is 0 Å². The first kappa shape index (κ1) is 15.3. The molecule has 1 aromatic rings. The molecule has 0 saturated heterocycles. The predicted octanol–water partition coefficient (Wildman–Crippen LogP) is 2.15. The number of rotatable bonds is 6. The maximum Gasteiger partial charge on any atom is 0.320 e. The van der Waals surface area contributed by atoms with E-state index in [4.69, 9.17) is 31.9 Å². The third-order valence-corrected chi connectivity index (χ3v) is 4.16. The first-order valence-electron chi connectivity index (χ1n) is 6.22. The van der Waals surface area contributed by atoms with Crippen molar-refractivity contribution in [3.05, 3.63) is 22.7 Å². The number of nitrogens with two attached hydrogens (primary N) is 1. The lowest BCUT2D eigenvalue weighted by molar-refractivity contribution is -0.138. The van der Waals surface area contributed by atoms with Crippen molar-refractivity contribution < 1.29 is 19.4 Å². The van der Waals surface area contributed by atoms with Crippen LogP contribution in [0.1, 0.15) is 12.0 Å². The molecule has 1 aromatic carbocycles. The average Bonchev–Trinajstić information content (AvgIpc) is 2.43. The second kappa shape index (κ2) is 7.06. The van der Waals surface area contributed by atoms with E-state index in [9.17, 15) is 4.79 Å². The molecule has 0 aliphatic carbocycles. The molecule has 2 rings (SSSR count). The average molecular weight is 318 g/mol. The van der Waals surface area contributed by atoms with Gasteiger partial charge in [0.05, 0.1) is 5.02 Å². The summed E-state index contributed by atoms with van der Waals surface area (Å²) in [6.45, 7) is 1.03. The summed E-state index contributed by atoms with van der Waals surface area (Å²) in [4.78, 5) is 10.6. The Balaban J connectivity index is 1.87. The monoisotopic (exact) mass is 317 g/mol. The fourth-order valence-electron chi connectivity index (χ4n) is 1.77. The number of fused-ring (bicyclic) bond motifs is 1. The summed E-state index contributed by atoms with van der Waals surface area (Å²) in [6, 6.07) is 2.95. The Bertz CT molecular complexity index is 498. The van der Waals surface area contributed by atoms with Crippen LogP contribution in [-0.2, 0) is 10.5 Å². The molecule has 0 spiro atoms. The molecule has 1 unspecified atom stereocenters. The third-order valence-electron chi connectivity index (χ3n) is 2.82. The number of thioether (sulfide) groups is 1. The first-order chi connectivity index (χ1) is 9.58. The van der Waals surface area contributed by atoms with Gasteiger partial charge in [-0.3, -0.25) is 4.79 Å². The number of hydrogen-bond acceptors (Lipinski definition) is 5. The van der Waals surface area contributed by atoms with Crippen LogP contribution in [0.15, 0.2) is 12.1 Å². The molecule has 0 saturated carbocycles. The largest absolute Gasteiger partial charge is 0.486 e. The van der Waals surface area contributed by atoms with E-state index < -0.39 is 12.0 Å². The normalized spacial score (nSPS) is 14.9. The number of ether oxygens (including phenoxy) is 2. The topological polar surface area (TPSA) is 81.8 Å². The Morgan fingerprint density at radius 3 is 2.95 bits per heavy atom. The first-order valence-corrected chi connectivity index (χ1v) is 7.75. The van der Waals surface area contributed by atoms with Crippen LogP contribution >= 0.6 is 23.4 Å². The smallest absolute Gasteiger partial charge is 0.320 e. The highest BCUT2D eigenvalue weighted by molar-refractivity contribution is 7.98. The van der Waals surface area contributed by atoms with Gasteiger partial charge < -0.3 is 20.3 Å². The van der Waals surface area contributed by atoms with Crippen LogP contribution in [0.3, 0.4) is 0 Å². The number of benzene rings is 1. The summed E-state index contributed by atoms with van der Waals surface area (Å²) in [5, 5.41) is 9.23. The van der Waals surface area contributed by atoms with Crippen molar-refractivity contribution in [3.8, 4) is 11.5 Å². The van der Waals surface area contributed by atoms with E-state index in [0.29, 0.717) is 41.9 Å². The van der Waals surface area contributed by atoms with Crippen molar-refractivity contribution >= 4 is 29.3 Å². The van der Waals surface area contributed by atoms with Gasteiger partial charge in [0.1, 0.15) is 19.3 Å². The maximum atomic E-state index is 10.6. The minimum absolute atomic E-state index is 0.443. The summed E-state index contributed by atoms with van der Waals surface area (Å²) >= 11 is 7.75. The van der Waals surface area contributed by atoms with Gasteiger partial charge in [-0.05, 0) is 29.9 Å². The maximum absolute atomic E-state index is 10.6. The molecular formula is C13H16ClNO4S. The zero-order valence-electron chi connectivity index (χ0n) is 10.8. The predicted molar refractivity (Wildman–Crippen MR) is 78.8 cm³/mol. The Hall–Kier alpha value is -1.11. The van der Waals surface area contributed by atoms with Crippen LogP contribution < -0.4 is 15.2 Å². The van der Waals surface area contributed by atoms with E-state index in [-0.39, 0.29) is 0 Å². The highest BCUT2D eigenvalue weighted by Gasteiger charge is 2.16. The molecule has 0 fully saturated rings. The van der Waals surface area contributed by atoms with Gasteiger partial charge in [0.25, 0.3) is 0 Å². The van der Waals surface area contributed by atoms with Crippen molar-refractivity contribution in [3.63, 3.8) is 0 Å². The Kier molecular flexibility index (Phi) is 5.39. The van der Waals surface area contributed by atoms with Crippen molar-refractivity contribution in [2.24, 2.45) is 5.73 Å². The van der Waals surface area contributed by atoms with Crippen LogP contribution in [-0.4, -0.2) is 36.1 Å². The number of carboxylic acid groups (broad SMARTS) is 1. The number of hydrogen-bond donors (Lipinski definition) is 2. The molecule has 1 aliphatic rings. The second-order valence-electron chi connectivity index (χ2n) is 4.39. The molecule has 1 aliphatic heterocycles.